The lowest BCUT2D eigenvalue weighted by Crippen LogP contribution is -2.09. The van der Waals surface area contributed by atoms with E-state index in [9.17, 15) is 0 Å². The third-order valence-electron chi connectivity index (χ3n) is 2.05. The minimum atomic E-state index is 0.159. The topological polar surface area (TPSA) is 26.0 Å². The average molecular weight is 193 g/mol. The summed E-state index contributed by atoms with van der Waals surface area (Å²) in [5, 5.41) is 4.28. The predicted molar refractivity (Wildman–Crippen MR) is 58.7 cm³/mol. The van der Waals surface area contributed by atoms with Gasteiger partial charge < -0.3 is 5.73 Å². The summed E-state index contributed by atoms with van der Waals surface area (Å²) < 4.78 is 0. The Hall–Kier alpha value is -0.780. The molecule has 1 atom stereocenters. The van der Waals surface area contributed by atoms with Crippen LogP contribution < -0.4 is 5.73 Å². The molecule has 0 aliphatic heterocycles. The summed E-state index contributed by atoms with van der Waals surface area (Å²) in [6, 6.07) is 0.159. The van der Waals surface area contributed by atoms with E-state index in [4.69, 9.17) is 5.73 Å². The normalized spacial score (nSPS) is 11.9. The van der Waals surface area contributed by atoms with E-state index >= 15 is 0 Å². The SMILES string of the molecule is CC#CCCC(N)c1cscc1C. The molecule has 2 N–H and O–H groups in total. The third kappa shape index (κ3) is 2.87. The molecule has 0 aromatic carbocycles. The maximum Gasteiger partial charge on any atom is 0.0314 e. The van der Waals surface area contributed by atoms with Gasteiger partial charge in [0.05, 0.1) is 0 Å². The van der Waals surface area contributed by atoms with Gasteiger partial charge in [-0.25, -0.2) is 0 Å². The van der Waals surface area contributed by atoms with Crippen LogP contribution in [0.2, 0.25) is 0 Å². The molecule has 0 spiro atoms. The first-order valence-corrected chi connectivity index (χ1v) is 5.38. The Kier molecular flexibility index (Phi) is 4.01. The zero-order chi connectivity index (χ0) is 9.68. The predicted octanol–water partition coefficient (Wildman–Crippen LogP) is 2.86. The van der Waals surface area contributed by atoms with E-state index in [1.54, 1.807) is 11.3 Å². The lowest BCUT2D eigenvalue weighted by molar-refractivity contribution is 0.666. The molecule has 0 amide bonds. The van der Waals surface area contributed by atoms with Crippen molar-refractivity contribution in [1.29, 1.82) is 0 Å². The van der Waals surface area contributed by atoms with Crippen LogP contribution in [0.1, 0.15) is 36.9 Å². The highest BCUT2D eigenvalue weighted by Crippen LogP contribution is 2.22. The van der Waals surface area contributed by atoms with Gasteiger partial charge in [0.15, 0.2) is 0 Å². The van der Waals surface area contributed by atoms with E-state index in [0.717, 1.165) is 12.8 Å². The molecule has 1 aromatic rings. The van der Waals surface area contributed by atoms with Crippen LogP contribution >= 0.6 is 11.3 Å². The second-order valence-electron chi connectivity index (χ2n) is 3.08. The second kappa shape index (κ2) is 5.06. The van der Waals surface area contributed by atoms with Crippen molar-refractivity contribution in [3.05, 3.63) is 21.9 Å². The molecular weight excluding hydrogens is 178 g/mol. The Balaban J connectivity index is 2.52. The lowest BCUT2D eigenvalue weighted by atomic mass is 10.0. The molecule has 13 heavy (non-hydrogen) atoms. The van der Waals surface area contributed by atoms with E-state index in [2.05, 4.69) is 29.5 Å². The fourth-order valence-electron chi connectivity index (χ4n) is 1.26. The van der Waals surface area contributed by atoms with Gasteiger partial charge in [0, 0.05) is 12.5 Å². The number of nitrogens with two attached hydrogens (primary N) is 1. The van der Waals surface area contributed by atoms with E-state index in [0.29, 0.717) is 0 Å². The molecule has 1 aromatic heterocycles. The molecule has 0 radical (unpaired) electrons. The highest BCUT2D eigenvalue weighted by Gasteiger charge is 2.08. The minimum Gasteiger partial charge on any atom is -0.324 e. The van der Waals surface area contributed by atoms with Crippen LogP contribution in [-0.4, -0.2) is 0 Å². The molecule has 0 aliphatic rings. The fraction of sp³-hybridized carbons (Fsp3) is 0.455. The molecule has 2 heteroatoms. The van der Waals surface area contributed by atoms with Crippen molar-refractivity contribution in [3.63, 3.8) is 0 Å². The van der Waals surface area contributed by atoms with Gasteiger partial charge in [-0.05, 0) is 42.2 Å². The van der Waals surface area contributed by atoms with Crippen LogP contribution in [0.4, 0.5) is 0 Å². The van der Waals surface area contributed by atoms with Gasteiger partial charge in [-0.2, -0.15) is 11.3 Å². The monoisotopic (exact) mass is 193 g/mol. The first-order chi connectivity index (χ1) is 6.25. The van der Waals surface area contributed by atoms with Crippen LogP contribution in [0, 0.1) is 18.8 Å². The minimum absolute atomic E-state index is 0.159. The maximum absolute atomic E-state index is 6.02. The number of rotatable bonds is 3. The molecule has 1 rings (SSSR count). The van der Waals surface area contributed by atoms with Gasteiger partial charge >= 0.3 is 0 Å². The Morgan fingerprint density at radius 2 is 2.31 bits per heavy atom. The number of thiophene rings is 1. The summed E-state index contributed by atoms with van der Waals surface area (Å²) in [6.45, 7) is 3.97. The van der Waals surface area contributed by atoms with Crippen molar-refractivity contribution in [2.75, 3.05) is 0 Å². The third-order valence-corrected chi connectivity index (χ3v) is 2.93. The zero-order valence-electron chi connectivity index (χ0n) is 8.13. The van der Waals surface area contributed by atoms with E-state index in [-0.39, 0.29) is 6.04 Å². The highest BCUT2D eigenvalue weighted by molar-refractivity contribution is 7.08. The van der Waals surface area contributed by atoms with Gasteiger partial charge in [0.1, 0.15) is 0 Å². The zero-order valence-corrected chi connectivity index (χ0v) is 8.95. The van der Waals surface area contributed by atoms with Crippen LogP contribution in [0.15, 0.2) is 10.8 Å². The molecule has 1 unspecified atom stereocenters. The van der Waals surface area contributed by atoms with Crippen molar-refractivity contribution < 1.29 is 0 Å². The van der Waals surface area contributed by atoms with Crippen molar-refractivity contribution in [2.24, 2.45) is 5.73 Å². The Labute approximate surface area is 84.0 Å². The first kappa shape index (κ1) is 10.3. The van der Waals surface area contributed by atoms with Gasteiger partial charge in [-0.15, -0.1) is 11.8 Å². The quantitative estimate of drug-likeness (QED) is 0.734. The van der Waals surface area contributed by atoms with Crippen molar-refractivity contribution in [2.45, 2.75) is 32.7 Å². The first-order valence-electron chi connectivity index (χ1n) is 4.43. The molecule has 1 heterocycles. The standard InChI is InChI=1S/C11H15NS/c1-3-4-5-6-11(12)10-8-13-7-9(10)2/h7-8,11H,5-6,12H2,1-2H3. The fourth-order valence-corrected chi connectivity index (χ4v) is 2.17. The summed E-state index contributed by atoms with van der Waals surface area (Å²) in [5.41, 5.74) is 8.61. The van der Waals surface area contributed by atoms with E-state index in [1.807, 2.05) is 6.92 Å². The van der Waals surface area contributed by atoms with E-state index in [1.165, 1.54) is 11.1 Å². The molecule has 0 fully saturated rings. The number of hydrogen-bond donors (Lipinski definition) is 1. The second-order valence-corrected chi connectivity index (χ2v) is 3.83. The highest BCUT2D eigenvalue weighted by atomic mass is 32.1. The molecule has 0 bridgehead atoms. The Bertz CT molecular complexity index is 316. The number of aryl methyl sites for hydroxylation is 1. The maximum atomic E-state index is 6.02. The summed E-state index contributed by atoms with van der Waals surface area (Å²) in [6.07, 6.45) is 1.85. The lowest BCUT2D eigenvalue weighted by Gasteiger charge is -2.08. The van der Waals surface area contributed by atoms with Crippen LogP contribution in [0.3, 0.4) is 0 Å². The Morgan fingerprint density at radius 1 is 1.54 bits per heavy atom. The smallest absolute Gasteiger partial charge is 0.0314 e. The summed E-state index contributed by atoms with van der Waals surface area (Å²) in [4.78, 5) is 0. The number of hydrogen-bond acceptors (Lipinski definition) is 2. The van der Waals surface area contributed by atoms with Crippen LogP contribution in [0.25, 0.3) is 0 Å². The van der Waals surface area contributed by atoms with Crippen molar-refractivity contribution in [1.82, 2.24) is 0 Å². The average Bonchev–Trinajstić information content (AvgIpc) is 2.52. The largest absolute Gasteiger partial charge is 0.324 e. The summed E-state index contributed by atoms with van der Waals surface area (Å²) in [5.74, 6) is 5.91. The molecule has 70 valence electrons. The van der Waals surface area contributed by atoms with Gasteiger partial charge in [0.25, 0.3) is 0 Å². The summed E-state index contributed by atoms with van der Waals surface area (Å²) in [7, 11) is 0. The molecule has 0 saturated heterocycles. The Morgan fingerprint density at radius 3 is 2.85 bits per heavy atom. The van der Waals surface area contributed by atoms with Gasteiger partial charge in [0.2, 0.25) is 0 Å². The van der Waals surface area contributed by atoms with Crippen LogP contribution in [0.5, 0.6) is 0 Å². The van der Waals surface area contributed by atoms with Crippen molar-refractivity contribution in [3.8, 4) is 11.8 Å². The molecular formula is C11H15NS. The molecule has 0 aliphatic carbocycles. The van der Waals surface area contributed by atoms with Gasteiger partial charge in [-0.1, -0.05) is 0 Å². The summed E-state index contributed by atoms with van der Waals surface area (Å²) >= 11 is 1.72. The van der Waals surface area contributed by atoms with E-state index < -0.39 is 0 Å². The molecule has 1 nitrogen and oxygen atoms in total. The molecule has 0 saturated carbocycles. The van der Waals surface area contributed by atoms with Gasteiger partial charge in [-0.3, -0.25) is 0 Å². The van der Waals surface area contributed by atoms with Crippen LogP contribution in [-0.2, 0) is 0 Å². The van der Waals surface area contributed by atoms with Crippen molar-refractivity contribution >= 4 is 11.3 Å².